The summed E-state index contributed by atoms with van der Waals surface area (Å²) in [6, 6.07) is 16.4. The number of anilines is 3. The number of rotatable bonds is 7. The average molecular weight is 424 g/mol. The van der Waals surface area contributed by atoms with E-state index in [1.54, 1.807) is 0 Å². The Morgan fingerprint density at radius 1 is 0.968 bits per heavy atom. The van der Waals surface area contributed by atoms with Crippen LogP contribution in [0.2, 0.25) is 0 Å². The first-order valence-corrected chi connectivity index (χ1v) is 11.2. The van der Waals surface area contributed by atoms with Crippen LogP contribution in [-0.4, -0.2) is 78.8 Å². The molecular weight excluding hydrogens is 390 g/mol. The number of piperazine rings is 1. The summed E-state index contributed by atoms with van der Waals surface area (Å²) in [5.41, 5.74) is 4.19. The second-order valence-corrected chi connectivity index (χ2v) is 8.60. The molecule has 2 aromatic carbocycles. The van der Waals surface area contributed by atoms with Gasteiger partial charge in [0.25, 0.3) is 5.91 Å². The van der Waals surface area contributed by atoms with Gasteiger partial charge in [-0.2, -0.15) is 0 Å². The molecule has 2 saturated heterocycles. The van der Waals surface area contributed by atoms with Crippen LogP contribution in [0.25, 0.3) is 0 Å². The summed E-state index contributed by atoms with van der Waals surface area (Å²) in [6.45, 7) is 6.33. The van der Waals surface area contributed by atoms with Crippen LogP contribution >= 0.6 is 0 Å². The van der Waals surface area contributed by atoms with E-state index in [0.717, 1.165) is 61.3 Å². The van der Waals surface area contributed by atoms with Crippen LogP contribution in [0.4, 0.5) is 17.1 Å². The lowest BCUT2D eigenvalue weighted by Crippen LogP contribution is -2.48. The molecule has 2 fully saturated rings. The standard InChI is InChI=1S/C24H33N5O2/c1-26-13-15-27(16-14-26)19-24(30)29(31)18-20-7-9-21(10-8-20)25-22-5-4-6-23(17-22)28-11-2-3-12-28/h4-10,17,25,31H,2-3,11-16,18-19H2,1H3. The molecule has 0 saturated carbocycles. The van der Waals surface area contributed by atoms with Crippen LogP contribution in [0.5, 0.6) is 0 Å². The number of carbonyl (C=O) groups is 1. The van der Waals surface area contributed by atoms with E-state index in [9.17, 15) is 10.0 Å². The molecule has 1 amide bonds. The second-order valence-electron chi connectivity index (χ2n) is 8.60. The van der Waals surface area contributed by atoms with Crippen molar-refractivity contribution >= 4 is 23.0 Å². The second kappa shape index (κ2) is 10.1. The zero-order valence-corrected chi connectivity index (χ0v) is 18.3. The van der Waals surface area contributed by atoms with Crippen molar-refractivity contribution in [3.8, 4) is 0 Å². The molecule has 0 spiro atoms. The molecule has 4 rings (SSSR count). The molecule has 7 nitrogen and oxygen atoms in total. The van der Waals surface area contributed by atoms with Crippen LogP contribution in [-0.2, 0) is 11.3 Å². The summed E-state index contributed by atoms with van der Waals surface area (Å²) < 4.78 is 0. The minimum Gasteiger partial charge on any atom is -0.371 e. The van der Waals surface area contributed by atoms with E-state index in [4.69, 9.17) is 0 Å². The largest absolute Gasteiger partial charge is 0.371 e. The molecule has 2 aliphatic rings. The molecule has 166 valence electrons. The Morgan fingerprint density at radius 3 is 2.39 bits per heavy atom. The fraction of sp³-hybridized carbons (Fsp3) is 0.458. The van der Waals surface area contributed by atoms with Crippen LogP contribution in [0.15, 0.2) is 48.5 Å². The van der Waals surface area contributed by atoms with E-state index in [-0.39, 0.29) is 19.0 Å². The normalized spacial score (nSPS) is 17.7. The van der Waals surface area contributed by atoms with Crippen molar-refractivity contribution in [1.82, 2.24) is 14.9 Å². The fourth-order valence-corrected chi connectivity index (χ4v) is 4.16. The topological polar surface area (TPSA) is 62.3 Å². The Bertz CT molecular complexity index is 859. The fourth-order valence-electron chi connectivity index (χ4n) is 4.16. The molecule has 0 bridgehead atoms. The van der Waals surface area contributed by atoms with Crippen LogP contribution in [0.3, 0.4) is 0 Å². The van der Waals surface area contributed by atoms with Crippen molar-refractivity contribution in [1.29, 1.82) is 0 Å². The zero-order valence-electron chi connectivity index (χ0n) is 18.3. The van der Waals surface area contributed by atoms with E-state index in [0.29, 0.717) is 0 Å². The number of carbonyl (C=O) groups excluding carboxylic acids is 1. The Morgan fingerprint density at radius 2 is 1.68 bits per heavy atom. The van der Waals surface area contributed by atoms with Gasteiger partial charge in [0.15, 0.2) is 0 Å². The molecule has 0 atom stereocenters. The average Bonchev–Trinajstić information content (AvgIpc) is 3.32. The van der Waals surface area contributed by atoms with Crippen LogP contribution in [0, 0.1) is 0 Å². The Balaban J connectivity index is 1.29. The molecule has 0 aliphatic carbocycles. The van der Waals surface area contributed by atoms with Gasteiger partial charge in [0, 0.05) is 56.3 Å². The van der Waals surface area contributed by atoms with Crippen molar-refractivity contribution in [2.75, 3.05) is 63.1 Å². The van der Waals surface area contributed by atoms with Crippen molar-refractivity contribution in [3.05, 3.63) is 54.1 Å². The molecule has 2 aromatic rings. The number of hydrogen-bond donors (Lipinski definition) is 2. The monoisotopic (exact) mass is 423 g/mol. The van der Waals surface area contributed by atoms with Gasteiger partial charge in [-0.05, 0) is 55.8 Å². The number of likely N-dealkylation sites (N-methyl/N-ethyl adjacent to an activating group) is 1. The highest BCUT2D eigenvalue weighted by molar-refractivity contribution is 5.77. The molecule has 2 aliphatic heterocycles. The lowest BCUT2D eigenvalue weighted by Gasteiger charge is -2.32. The number of nitrogens with one attached hydrogen (secondary N) is 1. The quantitative estimate of drug-likeness (QED) is 0.527. The first kappa shape index (κ1) is 21.6. The maximum absolute atomic E-state index is 12.4. The first-order valence-electron chi connectivity index (χ1n) is 11.2. The predicted octanol–water partition coefficient (Wildman–Crippen LogP) is 3.00. The molecule has 7 heteroatoms. The van der Waals surface area contributed by atoms with Gasteiger partial charge in [-0.1, -0.05) is 18.2 Å². The molecule has 0 radical (unpaired) electrons. The Labute approximate surface area is 184 Å². The SMILES string of the molecule is CN1CCN(CC(=O)N(O)Cc2ccc(Nc3cccc(N4CCCC4)c3)cc2)CC1. The molecule has 0 aromatic heterocycles. The van der Waals surface area contributed by atoms with Crippen LogP contribution < -0.4 is 10.2 Å². The van der Waals surface area contributed by atoms with E-state index < -0.39 is 0 Å². The minimum atomic E-state index is -0.259. The van der Waals surface area contributed by atoms with Crippen molar-refractivity contribution in [2.24, 2.45) is 0 Å². The number of amides is 1. The summed E-state index contributed by atoms with van der Waals surface area (Å²) in [5.74, 6) is -0.259. The molecule has 0 unspecified atom stereocenters. The van der Waals surface area contributed by atoms with Gasteiger partial charge in [-0.25, -0.2) is 5.06 Å². The van der Waals surface area contributed by atoms with Crippen LogP contribution in [0.1, 0.15) is 18.4 Å². The number of hydroxylamine groups is 2. The summed E-state index contributed by atoms with van der Waals surface area (Å²) >= 11 is 0. The summed E-state index contributed by atoms with van der Waals surface area (Å²) in [4.78, 5) is 19.1. The highest BCUT2D eigenvalue weighted by Crippen LogP contribution is 2.25. The van der Waals surface area contributed by atoms with Crippen molar-refractivity contribution in [2.45, 2.75) is 19.4 Å². The van der Waals surface area contributed by atoms with Crippen molar-refractivity contribution < 1.29 is 10.0 Å². The predicted molar refractivity (Wildman–Crippen MR) is 124 cm³/mol. The maximum Gasteiger partial charge on any atom is 0.260 e. The number of nitrogens with zero attached hydrogens (tertiary/aromatic N) is 4. The lowest BCUT2D eigenvalue weighted by atomic mass is 10.2. The minimum absolute atomic E-state index is 0.192. The molecular formula is C24H33N5O2. The van der Waals surface area contributed by atoms with Gasteiger partial charge in [-0.15, -0.1) is 0 Å². The third-order valence-corrected chi connectivity index (χ3v) is 6.13. The van der Waals surface area contributed by atoms with E-state index >= 15 is 0 Å². The summed E-state index contributed by atoms with van der Waals surface area (Å²) in [7, 11) is 2.08. The van der Waals surface area contributed by atoms with E-state index in [1.807, 2.05) is 24.3 Å². The Hall–Kier alpha value is -2.61. The molecule has 31 heavy (non-hydrogen) atoms. The Kier molecular flexibility index (Phi) is 7.06. The maximum atomic E-state index is 12.4. The highest BCUT2D eigenvalue weighted by Gasteiger charge is 2.19. The third kappa shape index (κ3) is 5.97. The van der Waals surface area contributed by atoms with Crippen molar-refractivity contribution in [3.63, 3.8) is 0 Å². The van der Waals surface area contributed by atoms with Gasteiger partial charge in [-0.3, -0.25) is 14.9 Å². The van der Waals surface area contributed by atoms with E-state index in [1.165, 1.54) is 18.5 Å². The van der Waals surface area contributed by atoms with E-state index in [2.05, 4.69) is 51.3 Å². The summed E-state index contributed by atoms with van der Waals surface area (Å²) in [6.07, 6.45) is 2.53. The highest BCUT2D eigenvalue weighted by atomic mass is 16.5. The lowest BCUT2D eigenvalue weighted by molar-refractivity contribution is -0.169. The third-order valence-electron chi connectivity index (χ3n) is 6.13. The zero-order chi connectivity index (χ0) is 21.6. The number of benzene rings is 2. The van der Waals surface area contributed by atoms with Gasteiger partial charge in [0.1, 0.15) is 0 Å². The summed E-state index contributed by atoms with van der Waals surface area (Å²) in [5, 5.41) is 14.5. The van der Waals surface area contributed by atoms with Gasteiger partial charge >= 0.3 is 0 Å². The van der Waals surface area contributed by atoms with Gasteiger partial charge in [0.05, 0.1) is 13.1 Å². The number of hydrogen-bond acceptors (Lipinski definition) is 6. The van der Waals surface area contributed by atoms with Gasteiger partial charge < -0.3 is 15.1 Å². The first-order chi connectivity index (χ1) is 15.1. The molecule has 2 heterocycles. The van der Waals surface area contributed by atoms with Gasteiger partial charge in [0.2, 0.25) is 0 Å². The molecule has 2 N–H and O–H groups in total. The smallest absolute Gasteiger partial charge is 0.260 e.